The van der Waals surface area contributed by atoms with Crippen molar-refractivity contribution < 1.29 is 13.9 Å². The molecule has 0 spiro atoms. The van der Waals surface area contributed by atoms with Crippen molar-refractivity contribution in [1.29, 1.82) is 0 Å². The van der Waals surface area contributed by atoms with Gasteiger partial charge in [0.15, 0.2) is 0 Å². The Kier molecular flexibility index (Phi) is 5.97. The molecule has 0 aliphatic heterocycles. The molecule has 1 aromatic heterocycles. The number of ether oxygens (including phenoxy) is 1. The van der Waals surface area contributed by atoms with Crippen molar-refractivity contribution in [2.45, 2.75) is 6.54 Å². The largest absolute Gasteiger partial charge is 0.445 e. The number of pyridine rings is 1. The maximum Gasteiger partial charge on any atom is 0.412 e. The predicted octanol–water partition coefficient (Wildman–Crippen LogP) is 3.80. The lowest BCUT2D eigenvalue weighted by molar-refractivity contribution is 0.174. The number of hydrogen-bond donors (Lipinski definition) is 3. The number of carbonyl (C=O) groups is 1. The average molecular weight is 351 g/mol. The van der Waals surface area contributed by atoms with E-state index in [-0.39, 0.29) is 12.4 Å². The minimum absolute atomic E-state index is 0.0945. The van der Waals surface area contributed by atoms with Gasteiger partial charge < -0.3 is 15.8 Å². The van der Waals surface area contributed by atoms with Gasteiger partial charge in [0.05, 0.1) is 5.69 Å². The number of aromatic nitrogens is 1. The fourth-order valence-electron chi connectivity index (χ4n) is 1.81. The summed E-state index contributed by atoms with van der Waals surface area (Å²) in [6.45, 7) is 3.89. The second-order valence-corrected chi connectivity index (χ2v) is 5.14. The van der Waals surface area contributed by atoms with Gasteiger partial charge in [0, 0.05) is 11.6 Å². The van der Waals surface area contributed by atoms with Gasteiger partial charge in [-0.15, -0.1) is 0 Å². The second-order valence-electron chi connectivity index (χ2n) is 4.73. The lowest BCUT2D eigenvalue weighted by Crippen LogP contribution is -2.15. The molecule has 0 aliphatic carbocycles. The first-order valence-corrected chi connectivity index (χ1v) is 7.36. The molecule has 1 heterocycles. The molecular weight excluding hydrogens is 335 g/mol. The summed E-state index contributed by atoms with van der Waals surface area (Å²) in [4.78, 5) is 15.6. The number of hydrogen-bond acceptors (Lipinski definition) is 5. The fourth-order valence-corrected chi connectivity index (χ4v) is 2.04. The smallest absolute Gasteiger partial charge is 0.412 e. The van der Waals surface area contributed by atoms with E-state index in [1.807, 2.05) is 0 Å². The van der Waals surface area contributed by atoms with E-state index in [0.29, 0.717) is 28.6 Å². The molecule has 0 unspecified atom stereocenters. The molecule has 2 aromatic rings. The summed E-state index contributed by atoms with van der Waals surface area (Å²) in [5.41, 5.74) is 6.84. The summed E-state index contributed by atoms with van der Waals surface area (Å²) in [7, 11) is 0. The van der Waals surface area contributed by atoms with E-state index < -0.39 is 11.9 Å². The number of amides is 1. The normalized spacial score (nSPS) is 10.1. The molecule has 0 saturated heterocycles. The molecule has 1 amide bonds. The van der Waals surface area contributed by atoms with Crippen LogP contribution in [0.5, 0.6) is 0 Å². The standard InChI is InChI=1S/C16H16ClFN4O2/c1-2-7-24-16(23)21-13-5-6-14(22-15(13)19)20-9-10-3-4-11(18)8-12(10)17/h2-6,8H,1,7,9H2,(H,21,23)(H3,19,20,22). The molecular formula is C16H16ClFN4O2. The highest BCUT2D eigenvalue weighted by Crippen LogP contribution is 2.21. The van der Waals surface area contributed by atoms with E-state index >= 15 is 0 Å². The van der Waals surface area contributed by atoms with Gasteiger partial charge in [0.25, 0.3) is 0 Å². The molecule has 4 N–H and O–H groups in total. The zero-order valence-corrected chi connectivity index (χ0v) is 13.4. The number of benzene rings is 1. The van der Waals surface area contributed by atoms with Gasteiger partial charge in [-0.25, -0.2) is 14.2 Å². The summed E-state index contributed by atoms with van der Waals surface area (Å²) in [6.07, 6.45) is 0.802. The lowest BCUT2D eigenvalue weighted by atomic mass is 10.2. The molecule has 0 atom stereocenters. The van der Waals surface area contributed by atoms with Gasteiger partial charge in [-0.1, -0.05) is 30.3 Å². The van der Waals surface area contributed by atoms with Crippen molar-refractivity contribution >= 4 is 35.0 Å². The summed E-state index contributed by atoms with van der Waals surface area (Å²) in [5, 5.41) is 5.81. The van der Waals surface area contributed by atoms with Crippen LogP contribution in [0.3, 0.4) is 0 Å². The molecule has 126 valence electrons. The van der Waals surface area contributed by atoms with Crippen LogP contribution in [0, 0.1) is 5.82 Å². The number of halogens is 2. The molecule has 0 radical (unpaired) electrons. The number of nitrogens with zero attached hydrogens (tertiary/aromatic N) is 1. The molecule has 0 aliphatic rings. The summed E-state index contributed by atoms with van der Waals surface area (Å²) in [5.74, 6) is 0.212. The molecule has 8 heteroatoms. The van der Waals surface area contributed by atoms with Gasteiger partial charge in [-0.05, 0) is 29.8 Å². The Bertz CT molecular complexity index is 755. The van der Waals surface area contributed by atoms with Crippen molar-refractivity contribution in [2.24, 2.45) is 0 Å². The van der Waals surface area contributed by atoms with E-state index in [1.54, 1.807) is 18.2 Å². The third kappa shape index (κ3) is 4.85. The summed E-state index contributed by atoms with van der Waals surface area (Å²) in [6, 6.07) is 7.37. The van der Waals surface area contributed by atoms with Gasteiger partial charge in [0.1, 0.15) is 24.1 Å². The number of nitrogens with two attached hydrogens (primary N) is 1. The number of rotatable bonds is 6. The third-order valence-corrected chi connectivity index (χ3v) is 3.32. The van der Waals surface area contributed by atoms with E-state index in [0.717, 1.165) is 0 Å². The van der Waals surface area contributed by atoms with Gasteiger partial charge in [-0.3, -0.25) is 5.32 Å². The number of anilines is 3. The first-order valence-electron chi connectivity index (χ1n) is 6.98. The van der Waals surface area contributed by atoms with E-state index in [1.165, 1.54) is 18.2 Å². The van der Waals surface area contributed by atoms with Crippen LogP contribution in [0.2, 0.25) is 5.02 Å². The first kappa shape index (κ1) is 17.6. The Labute approximate surface area is 143 Å². The Hall–Kier alpha value is -2.80. The third-order valence-electron chi connectivity index (χ3n) is 2.97. The van der Waals surface area contributed by atoms with Crippen molar-refractivity contribution in [1.82, 2.24) is 4.98 Å². The zero-order chi connectivity index (χ0) is 17.5. The Morgan fingerprint density at radius 1 is 1.42 bits per heavy atom. The minimum atomic E-state index is -0.651. The minimum Gasteiger partial charge on any atom is -0.445 e. The van der Waals surface area contributed by atoms with E-state index in [4.69, 9.17) is 22.1 Å². The van der Waals surface area contributed by atoms with Crippen LogP contribution in [-0.4, -0.2) is 17.7 Å². The molecule has 24 heavy (non-hydrogen) atoms. The predicted molar refractivity (Wildman–Crippen MR) is 92.6 cm³/mol. The highest BCUT2D eigenvalue weighted by Gasteiger charge is 2.08. The first-order chi connectivity index (χ1) is 11.5. The monoisotopic (exact) mass is 350 g/mol. The highest BCUT2D eigenvalue weighted by molar-refractivity contribution is 6.31. The number of nitrogen functional groups attached to an aromatic ring is 1. The van der Waals surface area contributed by atoms with Crippen molar-refractivity contribution in [3.8, 4) is 0 Å². The van der Waals surface area contributed by atoms with Crippen LogP contribution < -0.4 is 16.4 Å². The molecule has 6 nitrogen and oxygen atoms in total. The van der Waals surface area contributed by atoms with E-state index in [9.17, 15) is 9.18 Å². The maximum absolute atomic E-state index is 13.0. The van der Waals surface area contributed by atoms with E-state index in [2.05, 4.69) is 22.2 Å². The van der Waals surface area contributed by atoms with Crippen LogP contribution >= 0.6 is 11.6 Å². The van der Waals surface area contributed by atoms with Crippen molar-refractivity contribution in [3.05, 3.63) is 59.4 Å². The van der Waals surface area contributed by atoms with Crippen LogP contribution in [0.25, 0.3) is 0 Å². The molecule has 1 aromatic carbocycles. The Morgan fingerprint density at radius 3 is 2.88 bits per heavy atom. The van der Waals surface area contributed by atoms with Gasteiger partial charge >= 0.3 is 6.09 Å². The number of carbonyl (C=O) groups excluding carboxylic acids is 1. The van der Waals surface area contributed by atoms with Crippen LogP contribution in [0.4, 0.5) is 26.5 Å². The molecule has 2 rings (SSSR count). The fraction of sp³-hybridized carbons (Fsp3) is 0.125. The lowest BCUT2D eigenvalue weighted by Gasteiger charge is -2.11. The molecule has 0 saturated carbocycles. The molecule has 0 fully saturated rings. The quantitative estimate of drug-likeness (QED) is 0.689. The number of nitrogens with one attached hydrogen (secondary N) is 2. The van der Waals surface area contributed by atoms with Gasteiger partial charge in [-0.2, -0.15) is 0 Å². The van der Waals surface area contributed by atoms with Crippen LogP contribution in [0.15, 0.2) is 43.0 Å². The Balaban J connectivity index is 1.98. The summed E-state index contributed by atoms with van der Waals surface area (Å²) < 4.78 is 17.8. The zero-order valence-electron chi connectivity index (χ0n) is 12.7. The maximum atomic E-state index is 13.0. The topological polar surface area (TPSA) is 89.3 Å². The van der Waals surface area contributed by atoms with Gasteiger partial charge in [0.2, 0.25) is 0 Å². The van der Waals surface area contributed by atoms with Crippen molar-refractivity contribution in [2.75, 3.05) is 23.0 Å². The SMILES string of the molecule is C=CCOC(=O)Nc1ccc(NCc2ccc(F)cc2Cl)nc1N. The second kappa shape index (κ2) is 8.16. The van der Waals surface area contributed by atoms with Crippen LogP contribution in [-0.2, 0) is 11.3 Å². The van der Waals surface area contributed by atoms with Crippen molar-refractivity contribution in [3.63, 3.8) is 0 Å². The summed E-state index contributed by atoms with van der Waals surface area (Å²) >= 11 is 5.96. The average Bonchev–Trinajstić information content (AvgIpc) is 2.54. The Morgan fingerprint density at radius 2 is 2.21 bits per heavy atom. The molecule has 0 bridgehead atoms. The van der Waals surface area contributed by atoms with Crippen LogP contribution in [0.1, 0.15) is 5.56 Å². The highest BCUT2D eigenvalue weighted by atomic mass is 35.5.